The summed E-state index contributed by atoms with van der Waals surface area (Å²) in [5.74, 6) is 1.82. The van der Waals surface area contributed by atoms with Crippen LogP contribution < -0.4 is 10.2 Å². The zero-order valence-corrected chi connectivity index (χ0v) is 12.1. The van der Waals surface area contributed by atoms with Gasteiger partial charge >= 0.3 is 0 Å². The maximum Gasteiger partial charge on any atom is 0.134 e. The van der Waals surface area contributed by atoms with Crippen molar-refractivity contribution < 1.29 is 0 Å². The second-order valence-electron chi connectivity index (χ2n) is 4.56. The molecule has 0 radical (unpaired) electrons. The van der Waals surface area contributed by atoms with Crippen LogP contribution in [0.25, 0.3) is 0 Å². The molecule has 2 aromatic heterocycles. The van der Waals surface area contributed by atoms with E-state index >= 15 is 0 Å². The predicted octanol–water partition coefficient (Wildman–Crippen LogP) is 2.72. The number of aromatic nitrogens is 3. The first kappa shape index (κ1) is 14.2. The molecule has 0 atom stereocenters. The normalized spacial score (nSPS) is 10.3. The number of hydrogen-bond acceptors (Lipinski definition) is 5. The van der Waals surface area contributed by atoms with Gasteiger partial charge in [0, 0.05) is 38.1 Å². The average molecular weight is 271 g/mol. The standard InChI is InChI=1S/C15H21N5/c1-3-7-17-14-10-15(19-12-18-14)20(4-2)11-13-5-8-16-9-6-13/h5-6,8-10,12H,3-4,7,11H2,1-2H3,(H,17,18,19). The van der Waals surface area contributed by atoms with Crippen LogP contribution in [0, 0.1) is 0 Å². The minimum absolute atomic E-state index is 0.823. The predicted molar refractivity (Wildman–Crippen MR) is 81.8 cm³/mol. The smallest absolute Gasteiger partial charge is 0.134 e. The molecule has 0 aromatic carbocycles. The largest absolute Gasteiger partial charge is 0.370 e. The number of nitrogens with one attached hydrogen (secondary N) is 1. The maximum atomic E-state index is 4.37. The average Bonchev–Trinajstić information content (AvgIpc) is 2.52. The Labute approximate surface area is 120 Å². The van der Waals surface area contributed by atoms with Crippen molar-refractivity contribution in [1.82, 2.24) is 15.0 Å². The number of hydrogen-bond donors (Lipinski definition) is 1. The van der Waals surface area contributed by atoms with Gasteiger partial charge in [-0.3, -0.25) is 4.98 Å². The van der Waals surface area contributed by atoms with Crippen LogP contribution in [0.3, 0.4) is 0 Å². The fraction of sp³-hybridized carbons (Fsp3) is 0.400. The lowest BCUT2D eigenvalue weighted by Gasteiger charge is -2.22. The van der Waals surface area contributed by atoms with E-state index in [1.165, 1.54) is 5.56 Å². The number of pyridine rings is 1. The van der Waals surface area contributed by atoms with E-state index in [0.29, 0.717) is 0 Å². The topological polar surface area (TPSA) is 53.9 Å². The van der Waals surface area contributed by atoms with Gasteiger partial charge in [-0.05, 0) is 31.0 Å². The highest BCUT2D eigenvalue weighted by Crippen LogP contribution is 2.16. The van der Waals surface area contributed by atoms with Crippen molar-refractivity contribution in [2.45, 2.75) is 26.8 Å². The molecule has 106 valence electrons. The van der Waals surface area contributed by atoms with Crippen LogP contribution in [0.1, 0.15) is 25.8 Å². The highest BCUT2D eigenvalue weighted by Gasteiger charge is 2.08. The van der Waals surface area contributed by atoms with E-state index in [1.807, 2.05) is 30.6 Å². The summed E-state index contributed by atoms with van der Waals surface area (Å²) in [6.45, 7) is 6.90. The number of rotatable bonds is 7. The maximum absolute atomic E-state index is 4.37. The van der Waals surface area contributed by atoms with Gasteiger partial charge in [-0.25, -0.2) is 9.97 Å². The lowest BCUT2D eigenvalue weighted by molar-refractivity contribution is 0.808. The first-order chi connectivity index (χ1) is 9.83. The van der Waals surface area contributed by atoms with E-state index < -0.39 is 0 Å². The Morgan fingerprint density at radius 3 is 2.65 bits per heavy atom. The molecule has 2 aromatic rings. The van der Waals surface area contributed by atoms with Gasteiger partial charge in [0.15, 0.2) is 0 Å². The Kier molecular flexibility index (Phi) is 5.29. The fourth-order valence-corrected chi connectivity index (χ4v) is 1.93. The fourth-order valence-electron chi connectivity index (χ4n) is 1.93. The molecule has 2 heterocycles. The van der Waals surface area contributed by atoms with E-state index in [-0.39, 0.29) is 0 Å². The van der Waals surface area contributed by atoms with Gasteiger partial charge in [0.05, 0.1) is 0 Å². The monoisotopic (exact) mass is 271 g/mol. The van der Waals surface area contributed by atoms with Gasteiger partial charge in [0.25, 0.3) is 0 Å². The van der Waals surface area contributed by atoms with Crippen LogP contribution in [-0.4, -0.2) is 28.0 Å². The van der Waals surface area contributed by atoms with Crippen molar-refractivity contribution in [3.05, 3.63) is 42.5 Å². The summed E-state index contributed by atoms with van der Waals surface area (Å²) in [4.78, 5) is 14.9. The van der Waals surface area contributed by atoms with E-state index in [9.17, 15) is 0 Å². The lowest BCUT2D eigenvalue weighted by Crippen LogP contribution is -2.23. The molecule has 2 rings (SSSR count). The second kappa shape index (κ2) is 7.43. The molecule has 0 aliphatic rings. The minimum atomic E-state index is 0.823. The summed E-state index contributed by atoms with van der Waals surface area (Å²) in [5, 5.41) is 3.29. The van der Waals surface area contributed by atoms with Crippen LogP contribution >= 0.6 is 0 Å². The molecule has 20 heavy (non-hydrogen) atoms. The van der Waals surface area contributed by atoms with Crippen LogP contribution in [0.2, 0.25) is 0 Å². The van der Waals surface area contributed by atoms with Gasteiger partial charge in [-0.1, -0.05) is 6.92 Å². The first-order valence-corrected chi connectivity index (χ1v) is 7.03. The van der Waals surface area contributed by atoms with Gasteiger partial charge in [0.2, 0.25) is 0 Å². The Hall–Kier alpha value is -2.17. The number of nitrogens with zero attached hydrogens (tertiary/aromatic N) is 4. The quantitative estimate of drug-likeness (QED) is 0.839. The van der Waals surface area contributed by atoms with E-state index in [0.717, 1.165) is 37.7 Å². The van der Waals surface area contributed by atoms with Gasteiger partial charge in [-0.15, -0.1) is 0 Å². The molecule has 0 saturated carbocycles. The molecule has 0 spiro atoms. The summed E-state index contributed by atoms with van der Waals surface area (Å²) < 4.78 is 0. The second-order valence-corrected chi connectivity index (χ2v) is 4.56. The van der Waals surface area contributed by atoms with Crippen LogP contribution in [0.4, 0.5) is 11.6 Å². The van der Waals surface area contributed by atoms with Gasteiger partial charge in [-0.2, -0.15) is 0 Å². The third-order valence-corrected chi connectivity index (χ3v) is 3.04. The zero-order valence-electron chi connectivity index (χ0n) is 12.1. The van der Waals surface area contributed by atoms with Crippen molar-refractivity contribution in [2.24, 2.45) is 0 Å². The first-order valence-electron chi connectivity index (χ1n) is 7.03. The number of anilines is 2. The van der Waals surface area contributed by atoms with E-state index in [2.05, 4.69) is 39.0 Å². The van der Waals surface area contributed by atoms with Crippen LogP contribution in [0.15, 0.2) is 36.9 Å². The zero-order chi connectivity index (χ0) is 14.2. The molecule has 0 bridgehead atoms. The Morgan fingerprint density at radius 2 is 1.95 bits per heavy atom. The van der Waals surface area contributed by atoms with Crippen molar-refractivity contribution in [2.75, 3.05) is 23.3 Å². The molecule has 0 unspecified atom stereocenters. The third kappa shape index (κ3) is 3.91. The highest BCUT2D eigenvalue weighted by molar-refractivity contribution is 5.48. The Balaban J connectivity index is 2.10. The summed E-state index contributed by atoms with van der Waals surface area (Å²) in [6, 6.07) is 6.06. The van der Waals surface area contributed by atoms with Crippen LogP contribution in [-0.2, 0) is 6.54 Å². The van der Waals surface area contributed by atoms with Crippen LogP contribution in [0.5, 0.6) is 0 Å². The van der Waals surface area contributed by atoms with Crippen molar-refractivity contribution in [3.8, 4) is 0 Å². The van der Waals surface area contributed by atoms with Gasteiger partial charge < -0.3 is 10.2 Å². The SMILES string of the molecule is CCCNc1cc(N(CC)Cc2ccncc2)ncn1. The molecule has 5 heteroatoms. The van der Waals surface area contributed by atoms with Crippen molar-refractivity contribution >= 4 is 11.6 Å². The summed E-state index contributed by atoms with van der Waals surface area (Å²) in [7, 11) is 0. The molecule has 0 aliphatic carbocycles. The highest BCUT2D eigenvalue weighted by atomic mass is 15.2. The molecule has 5 nitrogen and oxygen atoms in total. The molecular formula is C15H21N5. The van der Waals surface area contributed by atoms with E-state index in [4.69, 9.17) is 0 Å². The van der Waals surface area contributed by atoms with Crippen molar-refractivity contribution in [3.63, 3.8) is 0 Å². The minimum Gasteiger partial charge on any atom is -0.370 e. The van der Waals surface area contributed by atoms with Crippen molar-refractivity contribution in [1.29, 1.82) is 0 Å². The van der Waals surface area contributed by atoms with E-state index in [1.54, 1.807) is 6.33 Å². The third-order valence-electron chi connectivity index (χ3n) is 3.04. The molecular weight excluding hydrogens is 250 g/mol. The Bertz CT molecular complexity index is 515. The molecule has 1 N–H and O–H groups in total. The summed E-state index contributed by atoms with van der Waals surface area (Å²) in [6.07, 6.45) is 6.32. The van der Waals surface area contributed by atoms with Gasteiger partial charge in [0.1, 0.15) is 18.0 Å². The molecule has 0 saturated heterocycles. The molecule has 0 aliphatic heterocycles. The summed E-state index contributed by atoms with van der Waals surface area (Å²) in [5.41, 5.74) is 1.23. The Morgan fingerprint density at radius 1 is 1.15 bits per heavy atom. The summed E-state index contributed by atoms with van der Waals surface area (Å²) >= 11 is 0. The lowest BCUT2D eigenvalue weighted by atomic mass is 10.2. The molecule has 0 fully saturated rings. The molecule has 0 amide bonds.